The third-order valence-corrected chi connectivity index (χ3v) is 4.83. The number of aliphatic hydroxyl groups excluding tert-OH is 1. The summed E-state index contributed by atoms with van der Waals surface area (Å²) in [5.41, 5.74) is 5.51. The monoisotopic (exact) mass is 254 g/mol. The molecular weight excluding hydrogens is 228 g/mol. The van der Waals surface area contributed by atoms with Crippen LogP contribution in [0.3, 0.4) is 0 Å². The molecular formula is C14H26N2O2. The number of hydrogen-bond acceptors (Lipinski definition) is 3. The molecule has 2 unspecified atom stereocenters. The number of rotatable bonds is 4. The van der Waals surface area contributed by atoms with E-state index >= 15 is 0 Å². The molecule has 0 saturated heterocycles. The van der Waals surface area contributed by atoms with Crippen LogP contribution in [0, 0.1) is 11.3 Å². The molecule has 2 atom stereocenters. The maximum absolute atomic E-state index is 12.3. The fraction of sp³-hybridized carbons (Fsp3) is 0.929. The molecule has 0 bridgehead atoms. The molecule has 4 N–H and O–H groups in total. The minimum Gasteiger partial charge on any atom is -0.393 e. The maximum atomic E-state index is 12.3. The second-order valence-electron chi connectivity index (χ2n) is 6.01. The van der Waals surface area contributed by atoms with Gasteiger partial charge in [0, 0.05) is 19.0 Å². The van der Waals surface area contributed by atoms with Gasteiger partial charge in [-0.15, -0.1) is 0 Å². The van der Waals surface area contributed by atoms with Gasteiger partial charge in [-0.3, -0.25) is 4.79 Å². The number of aliphatic hydroxyl groups is 1. The Balaban J connectivity index is 1.85. The lowest BCUT2D eigenvalue weighted by atomic mass is 9.73. The summed E-state index contributed by atoms with van der Waals surface area (Å²) in [6.45, 7) is 1.06. The van der Waals surface area contributed by atoms with Crippen molar-refractivity contribution < 1.29 is 9.90 Å². The molecule has 18 heavy (non-hydrogen) atoms. The lowest BCUT2D eigenvalue weighted by Crippen LogP contribution is -2.48. The fourth-order valence-electron chi connectivity index (χ4n) is 3.42. The van der Waals surface area contributed by atoms with E-state index in [1.807, 2.05) is 0 Å². The summed E-state index contributed by atoms with van der Waals surface area (Å²) in [6, 6.07) is 0. The van der Waals surface area contributed by atoms with Gasteiger partial charge in [0.05, 0.1) is 11.5 Å². The Morgan fingerprint density at radius 3 is 2.50 bits per heavy atom. The average molecular weight is 254 g/mol. The van der Waals surface area contributed by atoms with Crippen molar-refractivity contribution in [3.63, 3.8) is 0 Å². The molecule has 0 aromatic rings. The molecule has 2 saturated carbocycles. The van der Waals surface area contributed by atoms with E-state index in [1.54, 1.807) is 0 Å². The SMILES string of the molecule is NCC1(C(=O)NCC2CCCC2O)CCCCC1. The molecule has 0 aliphatic heterocycles. The van der Waals surface area contributed by atoms with E-state index in [4.69, 9.17) is 5.73 Å². The van der Waals surface area contributed by atoms with Crippen LogP contribution in [0.2, 0.25) is 0 Å². The first-order chi connectivity index (χ1) is 8.68. The Bertz CT molecular complexity index is 288. The molecule has 0 radical (unpaired) electrons. The smallest absolute Gasteiger partial charge is 0.227 e. The van der Waals surface area contributed by atoms with Crippen molar-refractivity contribution in [2.24, 2.45) is 17.1 Å². The molecule has 2 aliphatic carbocycles. The number of nitrogens with two attached hydrogens (primary N) is 1. The van der Waals surface area contributed by atoms with Gasteiger partial charge in [0.15, 0.2) is 0 Å². The van der Waals surface area contributed by atoms with Gasteiger partial charge in [0.1, 0.15) is 0 Å². The number of carbonyl (C=O) groups excluding carboxylic acids is 1. The van der Waals surface area contributed by atoms with Gasteiger partial charge in [0.25, 0.3) is 0 Å². The number of amides is 1. The van der Waals surface area contributed by atoms with Gasteiger partial charge < -0.3 is 16.2 Å². The first-order valence-corrected chi connectivity index (χ1v) is 7.34. The molecule has 4 heteroatoms. The molecule has 104 valence electrons. The fourth-order valence-corrected chi connectivity index (χ4v) is 3.42. The second-order valence-corrected chi connectivity index (χ2v) is 6.01. The van der Waals surface area contributed by atoms with Crippen LogP contribution in [0.25, 0.3) is 0 Å². The van der Waals surface area contributed by atoms with Crippen LogP contribution < -0.4 is 11.1 Å². The zero-order valence-electron chi connectivity index (χ0n) is 11.2. The molecule has 0 heterocycles. The summed E-state index contributed by atoms with van der Waals surface area (Å²) in [7, 11) is 0. The van der Waals surface area contributed by atoms with E-state index in [9.17, 15) is 9.90 Å². The highest BCUT2D eigenvalue weighted by atomic mass is 16.3. The van der Waals surface area contributed by atoms with Crippen LogP contribution in [0.5, 0.6) is 0 Å². The van der Waals surface area contributed by atoms with Crippen LogP contribution in [-0.4, -0.2) is 30.2 Å². The van der Waals surface area contributed by atoms with Crippen LogP contribution in [-0.2, 0) is 4.79 Å². The summed E-state index contributed by atoms with van der Waals surface area (Å²) >= 11 is 0. The van der Waals surface area contributed by atoms with Gasteiger partial charge in [-0.1, -0.05) is 25.7 Å². The first-order valence-electron chi connectivity index (χ1n) is 7.34. The van der Waals surface area contributed by atoms with Crippen molar-refractivity contribution in [2.45, 2.75) is 57.5 Å². The summed E-state index contributed by atoms with van der Waals surface area (Å²) in [6.07, 6.45) is 8.02. The zero-order chi connectivity index (χ0) is 13.0. The van der Waals surface area contributed by atoms with Gasteiger partial charge in [-0.05, 0) is 25.7 Å². The molecule has 1 amide bonds. The van der Waals surface area contributed by atoms with Gasteiger partial charge >= 0.3 is 0 Å². The normalized spacial score (nSPS) is 31.2. The second kappa shape index (κ2) is 6.02. The minimum atomic E-state index is -0.332. The molecule has 0 spiro atoms. The summed E-state index contributed by atoms with van der Waals surface area (Å²) < 4.78 is 0. The number of nitrogens with one attached hydrogen (secondary N) is 1. The Morgan fingerprint density at radius 2 is 1.94 bits per heavy atom. The van der Waals surface area contributed by atoms with E-state index in [1.165, 1.54) is 6.42 Å². The van der Waals surface area contributed by atoms with Crippen molar-refractivity contribution in [3.8, 4) is 0 Å². The van der Waals surface area contributed by atoms with Crippen LogP contribution >= 0.6 is 0 Å². The Labute approximate surface area is 109 Å². The van der Waals surface area contributed by atoms with Crippen molar-refractivity contribution >= 4 is 5.91 Å². The lowest BCUT2D eigenvalue weighted by Gasteiger charge is -2.35. The van der Waals surface area contributed by atoms with Crippen LogP contribution in [0.1, 0.15) is 51.4 Å². The van der Waals surface area contributed by atoms with E-state index < -0.39 is 0 Å². The molecule has 2 fully saturated rings. The Morgan fingerprint density at radius 1 is 1.22 bits per heavy atom. The van der Waals surface area contributed by atoms with Gasteiger partial charge in [-0.2, -0.15) is 0 Å². The highest BCUT2D eigenvalue weighted by Crippen LogP contribution is 2.35. The Hall–Kier alpha value is -0.610. The summed E-state index contributed by atoms with van der Waals surface area (Å²) in [4.78, 5) is 12.3. The predicted octanol–water partition coefficient (Wildman–Crippen LogP) is 1.17. The van der Waals surface area contributed by atoms with E-state index in [0.717, 1.165) is 44.9 Å². The summed E-state index contributed by atoms with van der Waals surface area (Å²) in [5, 5.41) is 12.8. The van der Waals surface area contributed by atoms with Crippen molar-refractivity contribution in [2.75, 3.05) is 13.1 Å². The van der Waals surface area contributed by atoms with E-state index in [-0.39, 0.29) is 23.3 Å². The largest absolute Gasteiger partial charge is 0.393 e. The maximum Gasteiger partial charge on any atom is 0.227 e. The van der Waals surface area contributed by atoms with Crippen LogP contribution in [0.4, 0.5) is 0 Å². The summed E-state index contributed by atoms with van der Waals surface area (Å²) in [5.74, 6) is 0.358. The van der Waals surface area contributed by atoms with Gasteiger partial charge in [0.2, 0.25) is 5.91 Å². The first kappa shape index (κ1) is 13.8. The van der Waals surface area contributed by atoms with Gasteiger partial charge in [-0.25, -0.2) is 0 Å². The van der Waals surface area contributed by atoms with Crippen molar-refractivity contribution in [1.29, 1.82) is 0 Å². The van der Waals surface area contributed by atoms with E-state index in [0.29, 0.717) is 13.1 Å². The standard InChI is InChI=1S/C14H26N2O2/c15-10-14(7-2-1-3-8-14)13(18)16-9-11-5-4-6-12(11)17/h11-12,17H,1-10,15H2,(H,16,18). The van der Waals surface area contributed by atoms with Crippen molar-refractivity contribution in [1.82, 2.24) is 5.32 Å². The molecule has 2 aliphatic rings. The highest BCUT2D eigenvalue weighted by molar-refractivity contribution is 5.83. The average Bonchev–Trinajstić information content (AvgIpc) is 2.82. The third kappa shape index (κ3) is 2.86. The predicted molar refractivity (Wildman–Crippen MR) is 70.9 cm³/mol. The number of hydrogen-bond donors (Lipinski definition) is 3. The van der Waals surface area contributed by atoms with Crippen molar-refractivity contribution in [3.05, 3.63) is 0 Å². The minimum absolute atomic E-state index is 0.115. The zero-order valence-corrected chi connectivity index (χ0v) is 11.2. The molecule has 0 aromatic heterocycles. The van der Waals surface area contributed by atoms with Crippen LogP contribution in [0.15, 0.2) is 0 Å². The molecule has 0 aromatic carbocycles. The number of carbonyl (C=O) groups is 1. The quantitative estimate of drug-likeness (QED) is 0.705. The molecule has 2 rings (SSSR count). The highest BCUT2D eigenvalue weighted by Gasteiger charge is 2.38. The van der Waals surface area contributed by atoms with E-state index in [2.05, 4.69) is 5.32 Å². The topological polar surface area (TPSA) is 75.4 Å². The lowest BCUT2D eigenvalue weighted by molar-refractivity contribution is -0.132. The third-order valence-electron chi connectivity index (χ3n) is 4.83. The molecule has 4 nitrogen and oxygen atoms in total. The Kier molecular flexibility index (Phi) is 4.62.